The summed E-state index contributed by atoms with van der Waals surface area (Å²) in [6.45, 7) is 11.3. The van der Waals surface area contributed by atoms with E-state index in [1.807, 2.05) is 24.3 Å². The summed E-state index contributed by atoms with van der Waals surface area (Å²) in [5.41, 5.74) is 1.87. The molecule has 9 nitrogen and oxygen atoms in total. The van der Waals surface area contributed by atoms with Crippen LogP contribution >= 0.6 is 0 Å². The van der Waals surface area contributed by atoms with Crippen molar-refractivity contribution in [1.29, 1.82) is 0 Å². The summed E-state index contributed by atoms with van der Waals surface area (Å²) in [5, 5.41) is 8.73. The molecule has 44 heavy (non-hydrogen) atoms. The Bertz CT molecular complexity index is 1370. The number of carbonyl (C=O) groups excluding carboxylic acids is 2. The van der Waals surface area contributed by atoms with Gasteiger partial charge < -0.3 is 23.7 Å². The normalized spacial score (nSPS) is 10.8. The lowest BCUT2D eigenvalue weighted by Crippen LogP contribution is -2.09. The molecule has 3 rings (SSSR count). The van der Waals surface area contributed by atoms with E-state index in [-0.39, 0.29) is 6.61 Å². The highest BCUT2D eigenvalue weighted by atomic mass is 16.5. The van der Waals surface area contributed by atoms with Crippen LogP contribution in [0, 0.1) is 0 Å². The highest BCUT2D eigenvalue weighted by Crippen LogP contribution is 2.34. The SMILES string of the molecule is C=C(C)C(=O)OCCCCOc1cc(OC(=O)c2ccc(OCCCC)cc2)ccc1N=Nc1ccc(OCCCC)cc1. The van der Waals surface area contributed by atoms with E-state index in [2.05, 4.69) is 30.7 Å². The van der Waals surface area contributed by atoms with Gasteiger partial charge in [0, 0.05) is 11.6 Å². The summed E-state index contributed by atoms with van der Waals surface area (Å²) in [5.74, 6) is 1.26. The molecule has 234 valence electrons. The minimum absolute atomic E-state index is 0.264. The van der Waals surface area contributed by atoms with Crippen molar-refractivity contribution >= 4 is 23.3 Å². The Balaban J connectivity index is 1.67. The van der Waals surface area contributed by atoms with Crippen molar-refractivity contribution in [3.8, 4) is 23.0 Å². The molecule has 0 aliphatic carbocycles. The number of azo groups is 1. The molecule has 0 N–H and O–H groups in total. The number of benzene rings is 3. The summed E-state index contributed by atoms with van der Waals surface area (Å²) in [4.78, 5) is 24.4. The molecule has 0 aliphatic heterocycles. The predicted molar refractivity (Wildman–Crippen MR) is 170 cm³/mol. The first-order valence-electron chi connectivity index (χ1n) is 15.1. The molecule has 3 aromatic carbocycles. The van der Waals surface area contributed by atoms with E-state index in [1.165, 1.54) is 0 Å². The van der Waals surface area contributed by atoms with Gasteiger partial charge in [-0.15, -0.1) is 5.11 Å². The van der Waals surface area contributed by atoms with Gasteiger partial charge in [-0.05, 0) is 93.3 Å². The number of hydrogen-bond donors (Lipinski definition) is 0. The van der Waals surface area contributed by atoms with E-state index >= 15 is 0 Å². The predicted octanol–water partition coefficient (Wildman–Crippen LogP) is 8.96. The van der Waals surface area contributed by atoms with Gasteiger partial charge in [0.05, 0.1) is 37.7 Å². The Morgan fingerprint density at radius 3 is 1.86 bits per heavy atom. The molecule has 0 saturated carbocycles. The highest BCUT2D eigenvalue weighted by molar-refractivity contribution is 5.91. The molecule has 3 aromatic rings. The lowest BCUT2D eigenvalue weighted by atomic mass is 10.2. The molecule has 0 unspecified atom stereocenters. The van der Waals surface area contributed by atoms with Gasteiger partial charge in [-0.2, -0.15) is 5.11 Å². The van der Waals surface area contributed by atoms with Gasteiger partial charge in [-0.1, -0.05) is 33.3 Å². The Kier molecular flexibility index (Phi) is 14.4. The van der Waals surface area contributed by atoms with Crippen LogP contribution < -0.4 is 18.9 Å². The van der Waals surface area contributed by atoms with Gasteiger partial charge in [-0.3, -0.25) is 0 Å². The smallest absolute Gasteiger partial charge is 0.343 e. The zero-order valence-electron chi connectivity index (χ0n) is 25.9. The zero-order chi connectivity index (χ0) is 31.6. The summed E-state index contributed by atoms with van der Waals surface area (Å²) in [6.07, 6.45) is 5.30. The number of rotatable bonds is 19. The van der Waals surface area contributed by atoms with Crippen LogP contribution in [0.3, 0.4) is 0 Å². The first-order chi connectivity index (χ1) is 21.4. The molecular formula is C35H42N2O7. The van der Waals surface area contributed by atoms with E-state index in [1.54, 1.807) is 49.4 Å². The first-order valence-corrected chi connectivity index (χ1v) is 15.1. The van der Waals surface area contributed by atoms with Crippen molar-refractivity contribution in [3.05, 3.63) is 84.4 Å². The number of carbonyl (C=O) groups is 2. The van der Waals surface area contributed by atoms with Gasteiger partial charge in [0.2, 0.25) is 0 Å². The van der Waals surface area contributed by atoms with Crippen molar-refractivity contribution in [2.24, 2.45) is 10.2 Å². The molecular weight excluding hydrogens is 560 g/mol. The van der Waals surface area contributed by atoms with Crippen LogP contribution in [0.2, 0.25) is 0 Å². The number of unbranched alkanes of at least 4 members (excludes halogenated alkanes) is 3. The van der Waals surface area contributed by atoms with Crippen molar-refractivity contribution < 1.29 is 33.3 Å². The fourth-order valence-electron chi connectivity index (χ4n) is 3.67. The maximum absolute atomic E-state index is 12.8. The Hall–Kier alpha value is -4.66. The topological polar surface area (TPSA) is 105 Å². The van der Waals surface area contributed by atoms with Crippen LogP contribution in [0.5, 0.6) is 23.0 Å². The van der Waals surface area contributed by atoms with Crippen molar-refractivity contribution in [3.63, 3.8) is 0 Å². The maximum atomic E-state index is 12.8. The largest absolute Gasteiger partial charge is 0.494 e. The fraction of sp³-hybridized carbons (Fsp3) is 0.371. The molecule has 0 bridgehead atoms. The third-order valence-electron chi connectivity index (χ3n) is 6.25. The molecule has 0 amide bonds. The molecule has 0 radical (unpaired) electrons. The van der Waals surface area contributed by atoms with Crippen LogP contribution in [0.15, 0.2) is 89.1 Å². The van der Waals surface area contributed by atoms with E-state index in [0.29, 0.717) is 72.4 Å². The van der Waals surface area contributed by atoms with Gasteiger partial charge in [-0.25, -0.2) is 9.59 Å². The quantitative estimate of drug-likeness (QED) is 0.0443. The van der Waals surface area contributed by atoms with Crippen LogP contribution in [0.25, 0.3) is 0 Å². The Labute approximate surface area is 259 Å². The Morgan fingerprint density at radius 1 is 0.682 bits per heavy atom. The summed E-state index contributed by atoms with van der Waals surface area (Å²) in [6, 6.07) is 19.1. The number of hydrogen-bond acceptors (Lipinski definition) is 9. The van der Waals surface area contributed by atoms with E-state index in [0.717, 1.165) is 31.4 Å². The average Bonchev–Trinajstić information content (AvgIpc) is 3.03. The van der Waals surface area contributed by atoms with Gasteiger partial charge in [0.15, 0.2) is 5.75 Å². The van der Waals surface area contributed by atoms with Crippen LogP contribution in [-0.2, 0) is 9.53 Å². The van der Waals surface area contributed by atoms with E-state index in [9.17, 15) is 9.59 Å². The Morgan fingerprint density at radius 2 is 1.25 bits per heavy atom. The van der Waals surface area contributed by atoms with Gasteiger partial charge in [0.25, 0.3) is 0 Å². The summed E-state index contributed by atoms with van der Waals surface area (Å²) in [7, 11) is 0. The van der Waals surface area contributed by atoms with Crippen molar-refractivity contribution in [1.82, 2.24) is 0 Å². The zero-order valence-corrected chi connectivity index (χ0v) is 25.9. The van der Waals surface area contributed by atoms with Crippen LogP contribution in [0.4, 0.5) is 11.4 Å². The van der Waals surface area contributed by atoms with Gasteiger partial charge in [0.1, 0.15) is 22.9 Å². The van der Waals surface area contributed by atoms with Crippen LogP contribution in [0.1, 0.15) is 69.7 Å². The molecule has 9 heteroatoms. The standard InChI is InChI=1S/C35H42N2O7/c1-5-7-21-40-29-15-11-27(12-16-29)35(39)44-31-19-20-32(33(25-31)42-23-9-10-24-43-34(38)26(3)4)37-36-28-13-17-30(18-14-28)41-22-8-6-2/h11-20,25H,3,5-10,21-24H2,1-2,4H3. The van der Waals surface area contributed by atoms with Crippen molar-refractivity contribution in [2.45, 2.75) is 59.3 Å². The summed E-state index contributed by atoms with van der Waals surface area (Å²) >= 11 is 0. The molecule has 0 aliphatic rings. The lowest BCUT2D eigenvalue weighted by Gasteiger charge is -2.11. The molecule has 0 atom stereocenters. The minimum Gasteiger partial charge on any atom is -0.494 e. The molecule has 0 heterocycles. The molecule has 0 fully saturated rings. The second-order valence-electron chi connectivity index (χ2n) is 10.1. The molecule has 0 aromatic heterocycles. The third kappa shape index (κ3) is 11.9. The number of esters is 2. The highest BCUT2D eigenvalue weighted by Gasteiger charge is 2.13. The van der Waals surface area contributed by atoms with Crippen molar-refractivity contribution in [2.75, 3.05) is 26.4 Å². The fourth-order valence-corrected chi connectivity index (χ4v) is 3.67. The van der Waals surface area contributed by atoms with Gasteiger partial charge >= 0.3 is 11.9 Å². The molecule has 0 spiro atoms. The lowest BCUT2D eigenvalue weighted by molar-refractivity contribution is -0.139. The minimum atomic E-state index is -0.508. The second kappa shape index (κ2) is 18.8. The number of nitrogens with zero attached hydrogens (tertiary/aromatic N) is 2. The first kappa shape index (κ1) is 33.8. The second-order valence-corrected chi connectivity index (χ2v) is 10.1. The molecule has 0 saturated heterocycles. The average molecular weight is 603 g/mol. The maximum Gasteiger partial charge on any atom is 0.343 e. The van der Waals surface area contributed by atoms with E-state index < -0.39 is 11.9 Å². The summed E-state index contributed by atoms with van der Waals surface area (Å²) < 4.78 is 28.2. The van der Waals surface area contributed by atoms with Crippen LogP contribution in [-0.4, -0.2) is 38.4 Å². The third-order valence-corrected chi connectivity index (χ3v) is 6.25. The number of ether oxygens (including phenoxy) is 5. The van der Waals surface area contributed by atoms with E-state index in [4.69, 9.17) is 23.7 Å². The monoisotopic (exact) mass is 602 g/mol.